The van der Waals surface area contributed by atoms with Gasteiger partial charge in [-0.1, -0.05) is 24.3 Å². The van der Waals surface area contributed by atoms with Crippen molar-refractivity contribution in [3.63, 3.8) is 0 Å². The van der Waals surface area contributed by atoms with Crippen molar-refractivity contribution in [3.8, 4) is 0 Å². The van der Waals surface area contributed by atoms with E-state index in [4.69, 9.17) is 5.73 Å². The number of ketones is 1. The molecule has 0 aliphatic carbocycles. The SMILES string of the molecule is Cc1ccc(C(=O)Cc2ccc(N)cc2)cc1C. The van der Waals surface area contributed by atoms with Crippen LogP contribution in [0.15, 0.2) is 42.5 Å². The number of nitrogens with two attached hydrogens (primary N) is 1. The number of aryl methyl sites for hydroxylation is 2. The van der Waals surface area contributed by atoms with Gasteiger partial charge in [-0.3, -0.25) is 4.79 Å². The van der Waals surface area contributed by atoms with Crippen LogP contribution in [0.1, 0.15) is 27.0 Å². The minimum Gasteiger partial charge on any atom is -0.399 e. The van der Waals surface area contributed by atoms with Crippen molar-refractivity contribution in [1.29, 1.82) is 0 Å². The van der Waals surface area contributed by atoms with E-state index in [9.17, 15) is 4.79 Å². The van der Waals surface area contributed by atoms with Crippen LogP contribution in [0.4, 0.5) is 5.69 Å². The summed E-state index contributed by atoms with van der Waals surface area (Å²) in [6, 6.07) is 13.3. The van der Waals surface area contributed by atoms with E-state index in [-0.39, 0.29) is 5.78 Å². The fraction of sp³-hybridized carbons (Fsp3) is 0.188. The molecule has 0 aliphatic rings. The maximum Gasteiger partial charge on any atom is 0.167 e. The summed E-state index contributed by atoms with van der Waals surface area (Å²) in [6.07, 6.45) is 0.419. The molecule has 2 heteroatoms. The molecule has 0 spiro atoms. The lowest BCUT2D eigenvalue weighted by Gasteiger charge is -2.05. The minimum absolute atomic E-state index is 0.142. The van der Waals surface area contributed by atoms with Gasteiger partial charge < -0.3 is 5.73 Å². The molecule has 18 heavy (non-hydrogen) atoms. The van der Waals surface area contributed by atoms with Gasteiger partial charge in [0.05, 0.1) is 0 Å². The van der Waals surface area contributed by atoms with Gasteiger partial charge in [0.2, 0.25) is 0 Å². The van der Waals surface area contributed by atoms with Crippen LogP contribution in [0.25, 0.3) is 0 Å². The van der Waals surface area contributed by atoms with Crippen LogP contribution in [-0.4, -0.2) is 5.78 Å². The van der Waals surface area contributed by atoms with E-state index >= 15 is 0 Å². The minimum atomic E-state index is 0.142. The summed E-state index contributed by atoms with van der Waals surface area (Å²) in [5, 5.41) is 0. The van der Waals surface area contributed by atoms with Crippen molar-refractivity contribution in [2.24, 2.45) is 0 Å². The van der Waals surface area contributed by atoms with Crippen LogP contribution in [0.5, 0.6) is 0 Å². The van der Waals surface area contributed by atoms with Crippen molar-refractivity contribution in [1.82, 2.24) is 0 Å². The van der Waals surface area contributed by atoms with Gasteiger partial charge in [0.1, 0.15) is 0 Å². The van der Waals surface area contributed by atoms with Crippen LogP contribution in [-0.2, 0) is 6.42 Å². The van der Waals surface area contributed by atoms with Gasteiger partial charge in [-0.05, 0) is 48.7 Å². The number of hydrogen-bond donors (Lipinski definition) is 1. The summed E-state index contributed by atoms with van der Waals surface area (Å²) in [4.78, 5) is 12.1. The fourth-order valence-electron chi connectivity index (χ4n) is 1.84. The Balaban J connectivity index is 2.16. The van der Waals surface area contributed by atoms with Crippen LogP contribution in [0, 0.1) is 13.8 Å². The summed E-state index contributed by atoms with van der Waals surface area (Å²) >= 11 is 0. The first-order valence-corrected chi connectivity index (χ1v) is 6.01. The van der Waals surface area contributed by atoms with Crippen LogP contribution >= 0.6 is 0 Å². The largest absolute Gasteiger partial charge is 0.399 e. The van der Waals surface area contributed by atoms with Crippen molar-refractivity contribution in [2.45, 2.75) is 20.3 Å². The van der Waals surface area contributed by atoms with Crippen LogP contribution in [0.3, 0.4) is 0 Å². The number of nitrogen functional groups attached to an aromatic ring is 1. The zero-order valence-corrected chi connectivity index (χ0v) is 10.7. The van der Waals surface area contributed by atoms with Crippen LogP contribution in [0.2, 0.25) is 0 Å². The van der Waals surface area contributed by atoms with Gasteiger partial charge in [-0.25, -0.2) is 0 Å². The average Bonchev–Trinajstić information content (AvgIpc) is 2.35. The van der Waals surface area contributed by atoms with E-state index in [0.717, 1.165) is 22.4 Å². The molecular formula is C16H17NO. The summed E-state index contributed by atoms with van der Waals surface area (Å²) in [7, 11) is 0. The second kappa shape index (κ2) is 5.05. The Labute approximate surface area is 107 Å². The van der Waals surface area contributed by atoms with E-state index in [2.05, 4.69) is 0 Å². The third kappa shape index (κ3) is 2.77. The van der Waals surface area contributed by atoms with Gasteiger partial charge in [-0.2, -0.15) is 0 Å². The van der Waals surface area contributed by atoms with E-state index in [1.807, 2.05) is 56.3 Å². The van der Waals surface area contributed by atoms with E-state index in [1.54, 1.807) is 0 Å². The molecule has 2 aromatic rings. The van der Waals surface area contributed by atoms with Crippen molar-refractivity contribution in [3.05, 3.63) is 64.7 Å². The highest BCUT2D eigenvalue weighted by atomic mass is 16.1. The molecule has 0 amide bonds. The highest BCUT2D eigenvalue weighted by molar-refractivity contribution is 5.97. The number of rotatable bonds is 3. The average molecular weight is 239 g/mol. The lowest BCUT2D eigenvalue weighted by molar-refractivity contribution is 0.0993. The Kier molecular flexibility index (Phi) is 3.47. The normalized spacial score (nSPS) is 10.3. The van der Waals surface area contributed by atoms with Gasteiger partial charge in [0, 0.05) is 17.7 Å². The zero-order chi connectivity index (χ0) is 13.1. The van der Waals surface area contributed by atoms with E-state index in [0.29, 0.717) is 6.42 Å². The Bertz CT molecular complexity index is 570. The molecule has 0 bridgehead atoms. The molecule has 0 atom stereocenters. The van der Waals surface area contributed by atoms with Gasteiger partial charge in [0.25, 0.3) is 0 Å². The molecule has 0 radical (unpaired) electrons. The second-order valence-electron chi connectivity index (χ2n) is 4.64. The lowest BCUT2D eigenvalue weighted by Crippen LogP contribution is -2.04. The summed E-state index contributed by atoms with van der Waals surface area (Å²) in [6.45, 7) is 4.07. The Morgan fingerprint density at radius 1 is 1.00 bits per heavy atom. The number of hydrogen-bond acceptors (Lipinski definition) is 2. The molecule has 0 aromatic heterocycles. The molecule has 0 unspecified atom stereocenters. The maximum absolute atomic E-state index is 12.1. The second-order valence-corrected chi connectivity index (χ2v) is 4.64. The third-order valence-corrected chi connectivity index (χ3v) is 3.17. The van der Waals surface area contributed by atoms with Gasteiger partial charge in [0.15, 0.2) is 5.78 Å². The molecule has 92 valence electrons. The molecular weight excluding hydrogens is 222 g/mol. The highest BCUT2D eigenvalue weighted by Gasteiger charge is 2.07. The first-order valence-electron chi connectivity index (χ1n) is 6.01. The first-order chi connectivity index (χ1) is 8.56. The Hall–Kier alpha value is -2.09. The molecule has 2 aromatic carbocycles. The fourth-order valence-corrected chi connectivity index (χ4v) is 1.84. The number of benzene rings is 2. The van der Waals surface area contributed by atoms with Crippen molar-refractivity contribution >= 4 is 11.5 Å². The molecule has 2 rings (SSSR count). The standard InChI is InChI=1S/C16H17NO/c1-11-3-6-14(9-12(11)2)16(18)10-13-4-7-15(17)8-5-13/h3-9H,10,17H2,1-2H3. The van der Waals surface area contributed by atoms with Crippen LogP contribution < -0.4 is 5.73 Å². The predicted molar refractivity (Wildman–Crippen MR) is 74.8 cm³/mol. The molecule has 0 saturated carbocycles. The van der Waals surface area contributed by atoms with Crippen molar-refractivity contribution < 1.29 is 4.79 Å². The van der Waals surface area contributed by atoms with E-state index in [1.165, 1.54) is 5.56 Å². The summed E-state index contributed by atoms with van der Waals surface area (Å²) in [5.74, 6) is 0.142. The smallest absolute Gasteiger partial charge is 0.167 e. The summed E-state index contributed by atoms with van der Waals surface area (Å²) in [5.41, 5.74) is 10.5. The molecule has 2 N–H and O–H groups in total. The number of carbonyl (C=O) groups is 1. The first kappa shape index (κ1) is 12.4. The molecule has 0 saturated heterocycles. The number of carbonyl (C=O) groups excluding carboxylic acids is 1. The Morgan fingerprint density at radius 2 is 1.67 bits per heavy atom. The molecule has 0 heterocycles. The predicted octanol–water partition coefficient (Wildman–Crippen LogP) is 3.31. The highest BCUT2D eigenvalue weighted by Crippen LogP contribution is 2.13. The third-order valence-electron chi connectivity index (χ3n) is 3.17. The quantitative estimate of drug-likeness (QED) is 0.659. The zero-order valence-electron chi connectivity index (χ0n) is 10.7. The molecule has 2 nitrogen and oxygen atoms in total. The van der Waals surface area contributed by atoms with Gasteiger partial charge >= 0.3 is 0 Å². The number of anilines is 1. The lowest BCUT2D eigenvalue weighted by atomic mass is 9.99. The maximum atomic E-state index is 12.1. The Morgan fingerprint density at radius 3 is 2.28 bits per heavy atom. The monoisotopic (exact) mass is 239 g/mol. The summed E-state index contributed by atoms with van der Waals surface area (Å²) < 4.78 is 0. The van der Waals surface area contributed by atoms with Gasteiger partial charge in [-0.15, -0.1) is 0 Å². The topological polar surface area (TPSA) is 43.1 Å². The van der Waals surface area contributed by atoms with E-state index < -0.39 is 0 Å². The number of Topliss-reactive ketones (excluding diaryl/α,β-unsaturated/α-hetero) is 1. The molecule has 0 aliphatic heterocycles. The molecule has 0 fully saturated rings. The van der Waals surface area contributed by atoms with Crippen molar-refractivity contribution in [2.75, 3.05) is 5.73 Å².